The van der Waals surface area contributed by atoms with Crippen LogP contribution in [-0.4, -0.2) is 28.6 Å². The zero-order chi connectivity index (χ0) is 11.3. The molecule has 1 unspecified atom stereocenters. The van der Waals surface area contributed by atoms with Gasteiger partial charge in [-0.05, 0) is 12.5 Å². The molecule has 0 aliphatic carbocycles. The molecule has 1 atom stereocenters. The molecule has 1 aromatic heterocycles. The van der Waals surface area contributed by atoms with E-state index in [0.717, 1.165) is 6.20 Å². The van der Waals surface area contributed by atoms with E-state index < -0.39 is 11.7 Å². The van der Waals surface area contributed by atoms with Crippen LogP contribution in [0.15, 0.2) is 18.5 Å². The van der Waals surface area contributed by atoms with Crippen molar-refractivity contribution >= 4 is 5.91 Å². The molecule has 0 aromatic carbocycles. The number of hydrogen-bond acceptors (Lipinski definition) is 3. The lowest BCUT2D eigenvalue weighted by Gasteiger charge is -2.13. The van der Waals surface area contributed by atoms with Gasteiger partial charge in [0.25, 0.3) is 5.91 Å². The third kappa shape index (κ3) is 2.99. The highest BCUT2D eigenvalue weighted by atomic mass is 19.1. The molecule has 2 N–H and O–H groups in total. The lowest BCUT2D eigenvalue weighted by molar-refractivity contribution is 0.0910. The summed E-state index contributed by atoms with van der Waals surface area (Å²) in [4.78, 5) is 15.0. The quantitative estimate of drug-likeness (QED) is 0.773. The zero-order valence-electron chi connectivity index (χ0n) is 8.40. The van der Waals surface area contributed by atoms with Gasteiger partial charge in [-0.25, -0.2) is 4.39 Å². The van der Waals surface area contributed by atoms with Gasteiger partial charge in [0.05, 0.1) is 24.4 Å². The number of aromatic nitrogens is 1. The van der Waals surface area contributed by atoms with Crippen molar-refractivity contribution in [1.29, 1.82) is 0 Å². The second kappa shape index (κ2) is 5.41. The van der Waals surface area contributed by atoms with E-state index in [1.165, 1.54) is 12.3 Å². The number of nitrogens with zero attached hydrogens (tertiary/aromatic N) is 1. The number of hydrogen-bond donors (Lipinski definition) is 2. The van der Waals surface area contributed by atoms with Gasteiger partial charge in [-0.3, -0.25) is 9.78 Å². The number of nitrogens with one attached hydrogen (secondary N) is 1. The number of halogens is 1. The van der Waals surface area contributed by atoms with Crippen LogP contribution in [0.4, 0.5) is 4.39 Å². The first-order valence-electron chi connectivity index (χ1n) is 4.70. The highest BCUT2D eigenvalue weighted by Gasteiger charge is 2.14. The monoisotopic (exact) mass is 212 g/mol. The first kappa shape index (κ1) is 11.6. The third-order valence-corrected chi connectivity index (χ3v) is 2.07. The number of aliphatic hydroxyl groups excluding tert-OH is 1. The van der Waals surface area contributed by atoms with Gasteiger partial charge >= 0.3 is 0 Å². The highest BCUT2D eigenvalue weighted by Crippen LogP contribution is 2.04. The summed E-state index contributed by atoms with van der Waals surface area (Å²) < 4.78 is 13.1. The first-order valence-corrected chi connectivity index (χ1v) is 4.70. The molecule has 0 spiro atoms. The molecule has 0 radical (unpaired) electrons. The van der Waals surface area contributed by atoms with Crippen LogP contribution in [0.25, 0.3) is 0 Å². The second-order valence-corrected chi connectivity index (χ2v) is 3.12. The molecule has 1 heterocycles. The summed E-state index contributed by atoms with van der Waals surface area (Å²) in [6, 6.07) is 0.958. The fourth-order valence-electron chi connectivity index (χ4n) is 1.10. The molecule has 82 valence electrons. The van der Waals surface area contributed by atoms with E-state index in [-0.39, 0.29) is 18.2 Å². The zero-order valence-corrected chi connectivity index (χ0v) is 8.40. The maximum absolute atomic E-state index is 13.1. The van der Waals surface area contributed by atoms with Crippen molar-refractivity contribution in [2.75, 3.05) is 6.61 Å². The van der Waals surface area contributed by atoms with Crippen molar-refractivity contribution < 1.29 is 14.3 Å². The van der Waals surface area contributed by atoms with Crippen molar-refractivity contribution in [3.05, 3.63) is 29.8 Å². The predicted molar refractivity (Wildman–Crippen MR) is 52.8 cm³/mol. The predicted octanol–water partition coefficient (Wildman–Crippen LogP) is 0.721. The van der Waals surface area contributed by atoms with Crippen molar-refractivity contribution in [3.63, 3.8) is 0 Å². The molecule has 1 aromatic rings. The minimum atomic E-state index is -0.664. The largest absolute Gasteiger partial charge is 0.394 e. The number of pyridine rings is 1. The number of rotatable bonds is 4. The van der Waals surface area contributed by atoms with Crippen molar-refractivity contribution in [3.8, 4) is 0 Å². The van der Waals surface area contributed by atoms with E-state index in [9.17, 15) is 9.18 Å². The van der Waals surface area contributed by atoms with Gasteiger partial charge in [-0.15, -0.1) is 0 Å². The third-order valence-electron chi connectivity index (χ3n) is 2.07. The van der Waals surface area contributed by atoms with Crippen LogP contribution in [0, 0.1) is 5.82 Å². The topological polar surface area (TPSA) is 62.2 Å². The van der Waals surface area contributed by atoms with Gasteiger partial charge in [-0.1, -0.05) is 6.92 Å². The fourth-order valence-corrected chi connectivity index (χ4v) is 1.10. The van der Waals surface area contributed by atoms with Gasteiger partial charge in [0.2, 0.25) is 0 Å². The molecule has 0 fully saturated rings. The fraction of sp³-hybridized carbons (Fsp3) is 0.400. The molecular weight excluding hydrogens is 199 g/mol. The van der Waals surface area contributed by atoms with E-state index in [1.807, 2.05) is 6.92 Å². The summed E-state index contributed by atoms with van der Waals surface area (Å²) in [7, 11) is 0. The van der Waals surface area contributed by atoms with Crippen molar-refractivity contribution in [2.45, 2.75) is 19.4 Å². The molecule has 0 aliphatic rings. The number of amides is 1. The van der Waals surface area contributed by atoms with E-state index in [4.69, 9.17) is 5.11 Å². The lowest BCUT2D eigenvalue weighted by Crippen LogP contribution is -2.37. The number of carbonyl (C=O) groups is 1. The van der Waals surface area contributed by atoms with E-state index in [1.54, 1.807) is 0 Å². The molecule has 4 nitrogen and oxygen atoms in total. The molecule has 5 heteroatoms. The maximum Gasteiger partial charge on any atom is 0.254 e. The summed E-state index contributed by atoms with van der Waals surface area (Å²) in [6.45, 7) is 1.67. The van der Waals surface area contributed by atoms with Crippen LogP contribution < -0.4 is 5.32 Å². The Bertz CT molecular complexity index is 340. The Morgan fingerprint density at radius 3 is 3.00 bits per heavy atom. The van der Waals surface area contributed by atoms with Crippen molar-refractivity contribution in [2.24, 2.45) is 0 Å². The van der Waals surface area contributed by atoms with Crippen LogP contribution in [0.5, 0.6) is 0 Å². The van der Waals surface area contributed by atoms with Crippen LogP contribution in [0.3, 0.4) is 0 Å². The number of aliphatic hydroxyl groups is 1. The Hall–Kier alpha value is -1.49. The molecule has 0 saturated heterocycles. The average Bonchev–Trinajstić information content (AvgIpc) is 2.26. The molecule has 0 bridgehead atoms. The summed E-state index contributed by atoms with van der Waals surface area (Å²) in [5.74, 6) is -1.20. The molecule has 1 amide bonds. The SMILES string of the molecule is CCC(CO)NC(=O)c1ccncc1F. The smallest absolute Gasteiger partial charge is 0.254 e. The van der Waals surface area contributed by atoms with Crippen LogP contribution in [0.2, 0.25) is 0 Å². The van der Waals surface area contributed by atoms with Gasteiger partial charge in [-0.2, -0.15) is 0 Å². The summed E-state index contributed by atoms with van der Waals surface area (Å²) in [6.07, 6.45) is 2.92. The molecule has 15 heavy (non-hydrogen) atoms. The summed E-state index contributed by atoms with van der Waals surface area (Å²) in [5.41, 5.74) is -0.0584. The van der Waals surface area contributed by atoms with Gasteiger partial charge in [0.15, 0.2) is 5.82 Å². The first-order chi connectivity index (χ1) is 7.19. The highest BCUT2D eigenvalue weighted by molar-refractivity contribution is 5.94. The van der Waals surface area contributed by atoms with E-state index in [0.29, 0.717) is 6.42 Å². The van der Waals surface area contributed by atoms with Gasteiger partial charge in [0.1, 0.15) is 0 Å². The maximum atomic E-state index is 13.1. The Morgan fingerprint density at radius 2 is 2.47 bits per heavy atom. The van der Waals surface area contributed by atoms with Gasteiger partial charge in [0, 0.05) is 6.20 Å². The van der Waals surface area contributed by atoms with E-state index >= 15 is 0 Å². The molecular formula is C10H13FN2O2. The van der Waals surface area contributed by atoms with Crippen LogP contribution in [0.1, 0.15) is 23.7 Å². The standard InChI is InChI=1S/C10H13FN2O2/c1-2-7(6-14)13-10(15)8-3-4-12-5-9(8)11/h3-5,7,14H,2,6H2,1H3,(H,13,15). The summed E-state index contributed by atoms with van der Waals surface area (Å²) in [5, 5.41) is 11.4. The minimum absolute atomic E-state index is 0.0584. The van der Waals surface area contributed by atoms with Crippen LogP contribution >= 0.6 is 0 Å². The number of carbonyl (C=O) groups excluding carboxylic acids is 1. The second-order valence-electron chi connectivity index (χ2n) is 3.12. The van der Waals surface area contributed by atoms with Gasteiger partial charge < -0.3 is 10.4 Å². The minimum Gasteiger partial charge on any atom is -0.394 e. The van der Waals surface area contributed by atoms with Crippen LogP contribution in [-0.2, 0) is 0 Å². The van der Waals surface area contributed by atoms with Crippen molar-refractivity contribution in [1.82, 2.24) is 10.3 Å². The molecule has 0 aliphatic heterocycles. The average molecular weight is 212 g/mol. The Morgan fingerprint density at radius 1 is 1.73 bits per heavy atom. The Kier molecular flexibility index (Phi) is 4.17. The Balaban J connectivity index is 2.73. The lowest BCUT2D eigenvalue weighted by atomic mass is 10.2. The normalized spacial score (nSPS) is 12.2. The summed E-state index contributed by atoms with van der Waals surface area (Å²) >= 11 is 0. The van der Waals surface area contributed by atoms with E-state index in [2.05, 4.69) is 10.3 Å². The molecule has 1 rings (SSSR count). The Labute approximate surface area is 87.1 Å². The molecule has 0 saturated carbocycles.